The second-order valence-corrected chi connectivity index (χ2v) is 38.0. The number of esters is 2. The molecule has 16 atom stereocenters. The van der Waals surface area contributed by atoms with Crippen molar-refractivity contribution in [3.05, 3.63) is 59.2 Å². The number of ether oxygens (including phenoxy) is 10. The Hall–Kier alpha value is -7.66. The van der Waals surface area contributed by atoms with Crippen LogP contribution < -0.4 is 53.6 Å². The summed E-state index contributed by atoms with van der Waals surface area (Å²) in [6.45, 7) is 33.5. The van der Waals surface area contributed by atoms with Crippen LogP contribution in [0.1, 0.15) is 251 Å². The molecule has 127 heavy (non-hydrogen) atoms. The lowest BCUT2D eigenvalue weighted by Crippen LogP contribution is -2.57. The number of alkyl carbamates (subject to hydrolysis) is 2. The predicted octanol–water partition coefficient (Wildman–Crippen LogP) is 9.94. The highest BCUT2D eigenvalue weighted by molar-refractivity contribution is 5.93. The van der Waals surface area contributed by atoms with Crippen molar-refractivity contribution in [2.45, 2.75) is 323 Å². The maximum atomic E-state index is 13.5. The smallest absolute Gasteiger partial charge is 0.407 e. The molecule has 6 fully saturated rings. The molecule has 6 unspecified atom stereocenters. The minimum atomic E-state index is -0.897. The molecule has 4 aliphatic heterocycles. The molecule has 6 aliphatic rings. The van der Waals surface area contributed by atoms with Gasteiger partial charge in [0.15, 0.2) is 11.6 Å². The lowest BCUT2D eigenvalue weighted by molar-refractivity contribution is -0.173. The first kappa shape index (κ1) is 108. The summed E-state index contributed by atoms with van der Waals surface area (Å²) in [5.41, 5.74) is 13.2. The molecular weight excluding hydrogens is 1630 g/mol. The van der Waals surface area contributed by atoms with Crippen molar-refractivity contribution in [3.8, 4) is 0 Å². The molecule has 2 spiro atoms. The van der Waals surface area contributed by atoms with Crippen molar-refractivity contribution in [2.75, 3.05) is 93.0 Å². The molecular formula is C95H156N10O22. The van der Waals surface area contributed by atoms with E-state index in [1.54, 1.807) is 41.9 Å². The van der Waals surface area contributed by atoms with Crippen molar-refractivity contribution < 1.29 is 105 Å². The van der Waals surface area contributed by atoms with Crippen LogP contribution >= 0.6 is 0 Å². The van der Waals surface area contributed by atoms with Gasteiger partial charge in [-0.15, -0.1) is 0 Å². The first-order valence-electron chi connectivity index (χ1n) is 46.6. The van der Waals surface area contributed by atoms with Gasteiger partial charge in [0.05, 0.1) is 103 Å². The minimum absolute atomic E-state index is 0.00454. The highest BCUT2D eigenvalue weighted by Crippen LogP contribution is 2.61. The number of carbonyl (C=O) groups excluding carboxylic acids is 12. The van der Waals surface area contributed by atoms with Crippen LogP contribution in [0.25, 0.3) is 0 Å². The van der Waals surface area contributed by atoms with Gasteiger partial charge in [0.25, 0.3) is 0 Å². The number of allylic oxidation sites excluding steroid dienone is 2. The Morgan fingerprint density at radius 3 is 1.33 bits per heavy atom. The summed E-state index contributed by atoms with van der Waals surface area (Å²) in [4.78, 5) is 151. The molecule has 1 aromatic carbocycles. The minimum Gasteiger partial charge on any atom is -0.460 e. The predicted molar refractivity (Wildman–Crippen MR) is 480 cm³/mol. The van der Waals surface area contributed by atoms with E-state index < -0.39 is 65.4 Å². The largest absolute Gasteiger partial charge is 0.460 e. The summed E-state index contributed by atoms with van der Waals surface area (Å²) < 4.78 is 60.0. The number of hydrogen-bond donors (Lipinski definition) is 10. The van der Waals surface area contributed by atoms with Crippen molar-refractivity contribution in [2.24, 2.45) is 53.3 Å². The average molecular weight is 1790 g/mol. The molecule has 0 aromatic heterocycles. The van der Waals surface area contributed by atoms with Gasteiger partial charge in [-0.3, -0.25) is 47.9 Å². The third-order valence-electron chi connectivity index (χ3n) is 25.2. The zero-order valence-electron chi connectivity index (χ0n) is 79.4. The standard InChI is InChI=1S/C53H85N5O11.C42H71N5O11/c1-34(2)22-23-45-52(9,69-45)48-47(65-10)44(24-25-53(48)33-67-53)68-46(61)29-39(36(5)6)32-66-51(64)54-26-18-13-11-12-17-21-40(59)30-56-58-42(27-35(3)4)50(63)57-41(28-38-19-15-14-16-20-38)49(62)55-31-43(60)37(7)8;1-27(2)15-16-34-41(7,58-34)39-38(54-8)33(17-18-42(39)26-56-42)57-37(52)20-30(28(3)4)25-55-40(53)43-19-13-11-9-10-12-14-31(48)21-46-47-24-36(51)45-23-35(50)44-22-32(49)29(5)6/h14-16,19-20,22,35-37,39,41-42,44-45,47-48,56,58H,11-13,17-18,21,23-33H2,1-10H3,(H,54,64)(H,55,62)(H,57,63);15,28-30,33-34,38-39,46-47H,9-14,16-26H2,1-8H3,(H,43,53)(H,44,50)(H,45,51)/t39-,41-,42-,44?,45+,47?,48?,52-,53-;30-,33?,34+,38?,39?,41-,42-/m00/s1. The molecule has 2 saturated carbocycles. The molecule has 718 valence electrons. The van der Waals surface area contributed by atoms with Crippen LogP contribution in [0.15, 0.2) is 53.6 Å². The zero-order valence-corrected chi connectivity index (χ0v) is 79.4. The number of hydrogen-bond acceptors (Lipinski definition) is 26. The Labute approximate surface area is 754 Å². The molecule has 4 saturated heterocycles. The Morgan fingerprint density at radius 2 is 0.906 bits per heavy atom. The van der Waals surface area contributed by atoms with E-state index >= 15 is 0 Å². The van der Waals surface area contributed by atoms with E-state index in [1.807, 2.05) is 71.9 Å². The molecule has 4 heterocycles. The topological polar surface area (TPSA) is 431 Å². The fraction of sp³-hybridized carbons (Fsp3) is 0.768. The van der Waals surface area contributed by atoms with Gasteiger partial charge in [0, 0.05) is 70.2 Å². The summed E-state index contributed by atoms with van der Waals surface area (Å²) in [6.07, 6.45) is 16.4. The van der Waals surface area contributed by atoms with E-state index in [1.165, 1.54) is 11.1 Å². The fourth-order valence-electron chi connectivity index (χ4n) is 16.8. The summed E-state index contributed by atoms with van der Waals surface area (Å²) in [5, 5.41) is 16.1. The average Bonchev–Trinajstić information content (AvgIpc) is 1.53. The SMILES string of the molecule is COC1C(OC(=O)C[C@@H](COC(=O)NCCCCCCCC(=O)CNNCC(=O)NCC(=O)NCC(=O)C(C)C)C(C)C)CC[C@]2(CO2)C1[C@@]1(C)O[C@@H]1CC=C(C)C.COC1C(OC(=O)C[C@@H](COC(=O)NCCCCCCCC(=O)CNN[C@@H](CC(C)C)C(=O)N[C@@H](Cc2ccccc2)C(=O)NCC(=O)C(C)C)C(C)C)CC[C@]2(CO2)C1[C@@]1(C)O[C@@H]1CC=C(C)C. The van der Waals surface area contributed by atoms with Crippen LogP contribution in [0.3, 0.4) is 0 Å². The Kier molecular flexibility index (Phi) is 46.2. The van der Waals surface area contributed by atoms with E-state index in [-0.39, 0.29) is 202 Å². The number of hydrazine groups is 2. The highest BCUT2D eigenvalue weighted by Gasteiger charge is 2.74. The number of nitrogens with one attached hydrogen (secondary N) is 10. The quantitative estimate of drug-likeness (QED) is 0.00723. The molecule has 6 amide bonds. The Balaban J connectivity index is 0.000000398. The molecule has 32 heteroatoms. The molecule has 0 bridgehead atoms. The third-order valence-corrected chi connectivity index (χ3v) is 25.2. The highest BCUT2D eigenvalue weighted by atomic mass is 16.6. The number of benzene rings is 1. The first-order chi connectivity index (χ1) is 60.3. The van der Waals surface area contributed by atoms with Gasteiger partial charge >= 0.3 is 24.1 Å². The van der Waals surface area contributed by atoms with E-state index in [0.717, 1.165) is 89.0 Å². The number of epoxide rings is 4. The number of amides is 6. The first-order valence-corrected chi connectivity index (χ1v) is 46.6. The number of ketones is 4. The number of rotatable bonds is 60. The van der Waals surface area contributed by atoms with Crippen LogP contribution in [0.2, 0.25) is 0 Å². The van der Waals surface area contributed by atoms with Gasteiger partial charge in [-0.1, -0.05) is 161 Å². The lowest BCUT2D eigenvalue weighted by Gasteiger charge is -2.42. The number of Topliss-reactive ketones (excluding diaryl/α,β-unsaturated/α-hetero) is 4. The van der Waals surface area contributed by atoms with Crippen LogP contribution in [0.5, 0.6) is 0 Å². The lowest BCUT2D eigenvalue weighted by atomic mass is 9.68. The Morgan fingerprint density at radius 1 is 0.488 bits per heavy atom. The van der Waals surface area contributed by atoms with E-state index in [9.17, 15) is 57.5 Å². The van der Waals surface area contributed by atoms with Gasteiger partial charge in [0.2, 0.25) is 23.6 Å². The summed E-state index contributed by atoms with van der Waals surface area (Å²) in [5.74, 6) is -3.21. The van der Waals surface area contributed by atoms with Crippen LogP contribution in [-0.2, 0) is 102 Å². The van der Waals surface area contributed by atoms with E-state index in [0.29, 0.717) is 64.8 Å². The molecule has 0 radical (unpaired) electrons. The van der Waals surface area contributed by atoms with Gasteiger partial charge in [-0.25, -0.2) is 31.3 Å². The third kappa shape index (κ3) is 37.6. The number of unbranched alkanes of at least 4 members (excludes halogenated alkanes) is 8. The van der Waals surface area contributed by atoms with E-state index in [4.69, 9.17) is 47.4 Å². The van der Waals surface area contributed by atoms with Crippen molar-refractivity contribution in [1.82, 2.24) is 53.6 Å². The molecule has 7 rings (SSSR count). The van der Waals surface area contributed by atoms with Gasteiger partial charge in [-0.2, -0.15) is 0 Å². The van der Waals surface area contributed by atoms with Crippen molar-refractivity contribution >= 4 is 70.9 Å². The second kappa shape index (κ2) is 54.2. The molecule has 10 N–H and O–H groups in total. The molecule has 2 aliphatic carbocycles. The van der Waals surface area contributed by atoms with Crippen LogP contribution in [0, 0.1) is 53.3 Å². The van der Waals surface area contributed by atoms with Gasteiger partial charge in [0.1, 0.15) is 70.5 Å². The molecule has 32 nitrogen and oxygen atoms in total. The van der Waals surface area contributed by atoms with E-state index in [2.05, 4.69) is 107 Å². The van der Waals surface area contributed by atoms with Crippen molar-refractivity contribution in [1.29, 1.82) is 0 Å². The maximum Gasteiger partial charge on any atom is 0.407 e. The second-order valence-electron chi connectivity index (χ2n) is 38.0. The maximum absolute atomic E-state index is 13.5. The fourth-order valence-corrected chi connectivity index (χ4v) is 16.8. The Bertz CT molecular complexity index is 3730. The normalized spacial score (nSPS) is 24.5. The van der Waals surface area contributed by atoms with Crippen LogP contribution in [0.4, 0.5) is 9.59 Å². The molecule has 1 aromatic rings. The van der Waals surface area contributed by atoms with Gasteiger partial charge in [-0.05, 0) is 135 Å². The van der Waals surface area contributed by atoms with Crippen LogP contribution in [-0.4, -0.2) is 235 Å². The summed E-state index contributed by atoms with van der Waals surface area (Å²) in [7, 11) is 3.32. The summed E-state index contributed by atoms with van der Waals surface area (Å²) in [6, 6.07) is 7.75. The van der Waals surface area contributed by atoms with Crippen molar-refractivity contribution in [3.63, 3.8) is 0 Å². The number of methoxy groups -OCH3 is 2. The summed E-state index contributed by atoms with van der Waals surface area (Å²) >= 11 is 0. The van der Waals surface area contributed by atoms with Gasteiger partial charge < -0.3 is 79.3 Å². The number of carbonyl (C=O) groups is 12. The zero-order chi connectivity index (χ0) is 93.6. The monoisotopic (exact) mass is 1790 g/mol.